The van der Waals surface area contributed by atoms with E-state index in [1.807, 2.05) is 59.4 Å². The first-order valence-electron chi connectivity index (χ1n) is 17.8. The van der Waals surface area contributed by atoms with Crippen LogP contribution in [0.5, 0.6) is 5.75 Å². The van der Waals surface area contributed by atoms with Crippen molar-refractivity contribution < 1.29 is 39.6 Å². The van der Waals surface area contributed by atoms with Gasteiger partial charge >= 0.3 is 0 Å². The number of carbonyl (C=O) groups is 4. The Bertz CT molecular complexity index is 1490. The second-order valence-corrected chi connectivity index (χ2v) is 16.9. The van der Waals surface area contributed by atoms with Crippen molar-refractivity contribution in [3.63, 3.8) is 0 Å². The predicted octanol–water partition coefficient (Wildman–Crippen LogP) is 3.71. The van der Waals surface area contributed by atoms with Crippen LogP contribution in [0.15, 0.2) is 12.1 Å². The molecule has 0 radical (unpaired) electrons. The maximum atomic E-state index is 14.8. The lowest BCUT2D eigenvalue weighted by atomic mass is 9.33. The van der Waals surface area contributed by atoms with E-state index in [-0.39, 0.29) is 36.6 Å². The van der Waals surface area contributed by atoms with Crippen molar-refractivity contribution in [2.24, 2.45) is 40.4 Å². The van der Waals surface area contributed by atoms with Gasteiger partial charge in [0.25, 0.3) is 0 Å². The molecule has 0 spiro atoms. The third kappa shape index (κ3) is 4.95. The Labute approximate surface area is 284 Å². The van der Waals surface area contributed by atoms with Gasteiger partial charge in [-0.15, -0.1) is 0 Å². The van der Waals surface area contributed by atoms with Crippen LogP contribution in [0.3, 0.4) is 0 Å². The number of ketones is 3. The highest BCUT2D eigenvalue weighted by molar-refractivity contribution is 6.10. The van der Waals surface area contributed by atoms with Crippen molar-refractivity contribution in [2.75, 3.05) is 19.8 Å². The molecule has 3 aliphatic carbocycles. The minimum Gasteiger partial charge on any atom is -0.507 e. The van der Waals surface area contributed by atoms with Crippen LogP contribution in [-0.2, 0) is 19.8 Å². The van der Waals surface area contributed by atoms with Gasteiger partial charge in [-0.2, -0.15) is 0 Å². The number of carbonyl (C=O) groups excluding carboxylic acids is 4. The number of aromatic hydroxyl groups is 1. The van der Waals surface area contributed by atoms with E-state index in [2.05, 4.69) is 5.32 Å². The number of hydrogen-bond donors (Lipinski definition) is 5. The lowest BCUT2D eigenvalue weighted by Gasteiger charge is -2.71. The molecule has 2 unspecified atom stereocenters. The number of fused-ring (bicyclic) bond motifs is 3. The van der Waals surface area contributed by atoms with E-state index in [1.165, 1.54) is 0 Å². The molecule has 10 atom stereocenters. The van der Waals surface area contributed by atoms with Gasteiger partial charge in [-0.25, -0.2) is 0 Å². The number of hydrogen-bond acceptors (Lipinski definition) is 9. The van der Waals surface area contributed by atoms with E-state index in [0.29, 0.717) is 11.1 Å². The van der Waals surface area contributed by atoms with Crippen LogP contribution in [0.2, 0.25) is 0 Å². The van der Waals surface area contributed by atoms with Gasteiger partial charge in [0.2, 0.25) is 5.91 Å². The van der Waals surface area contributed by atoms with Gasteiger partial charge in [-0.3, -0.25) is 24.1 Å². The Balaban J connectivity index is 1.75. The molecule has 1 aliphatic heterocycles. The van der Waals surface area contributed by atoms with Crippen molar-refractivity contribution in [3.8, 4) is 5.75 Å². The number of phenols is 1. The summed E-state index contributed by atoms with van der Waals surface area (Å²) in [5, 5.41) is 52.0. The quantitative estimate of drug-likeness (QED) is 0.273. The van der Waals surface area contributed by atoms with Gasteiger partial charge in [0.05, 0.1) is 24.3 Å². The molecule has 3 fully saturated rings. The van der Waals surface area contributed by atoms with Gasteiger partial charge in [0.15, 0.2) is 17.2 Å². The molecule has 1 amide bonds. The predicted molar refractivity (Wildman–Crippen MR) is 180 cm³/mol. The first kappa shape index (κ1) is 36.6. The van der Waals surface area contributed by atoms with E-state index in [4.69, 9.17) is 0 Å². The number of phenolic OH excluding ortho intramolecular Hbond substituents is 1. The van der Waals surface area contributed by atoms with Gasteiger partial charge in [0, 0.05) is 18.3 Å². The van der Waals surface area contributed by atoms with Gasteiger partial charge < -0.3 is 25.7 Å². The summed E-state index contributed by atoms with van der Waals surface area (Å²) < 4.78 is 0. The minimum atomic E-state index is -2.68. The van der Waals surface area contributed by atoms with Crippen molar-refractivity contribution >= 4 is 23.3 Å². The molecule has 5 N–H and O–H groups in total. The summed E-state index contributed by atoms with van der Waals surface area (Å²) in [5.41, 5.74) is -4.85. The monoisotopic (exact) mass is 668 g/mol. The SMILES string of the molecule is CCC(=O)C[C@@H]1[C@@]2(C)[C@H](C)c3ccc(C(C)(C)C)c(O)c3C(=O)[C@@H]2C(O)[C@@]2(O)C(=O)[C@H](C(=O)NCN3CCCC3)C(O)[C@H](C(C)C)[C@@]12C. The maximum absolute atomic E-state index is 14.8. The number of nitrogens with zero attached hydrogens (tertiary/aromatic N) is 1. The second-order valence-electron chi connectivity index (χ2n) is 16.9. The summed E-state index contributed by atoms with van der Waals surface area (Å²) in [6.07, 6.45) is -1.47. The molecule has 1 aromatic rings. The summed E-state index contributed by atoms with van der Waals surface area (Å²) in [5.74, 6) is -8.54. The lowest BCUT2D eigenvalue weighted by Crippen LogP contribution is -2.82. The Morgan fingerprint density at radius 1 is 1.08 bits per heavy atom. The van der Waals surface area contributed by atoms with Crippen LogP contribution >= 0.6 is 0 Å². The Morgan fingerprint density at radius 2 is 1.69 bits per heavy atom. The average Bonchev–Trinajstić information content (AvgIpc) is 3.52. The molecular formula is C38H56N2O8. The molecule has 1 aromatic carbocycles. The first-order chi connectivity index (χ1) is 22.2. The third-order valence-electron chi connectivity index (χ3n) is 13.2. The van der Waals surface area contributed by atoms with Crippen molar-refractivity contribution in [1.29, 1.82) is 0 Å². The molecule has 4 aliphatic rings. The van der Waals surface area contributed by atoms with E-state index in [9.17, 15) is 39.6 Å². The van der Waals surface area contributed by atoms with Crippen molar-refractivity contribution in [1.82, 2.24) is 10.2 Å². The zero-order chi connectivity index (χ0) is 35.9. The highest BCUT2D eigenvalue weighted by Crippen LogP contribution is 2.71. The van der Waals surface area contributed by atoms with Gasteiger partial charge in [-0.1, -0.05) is 74.4 Å². The molecule has 48 heavy (non-hydrogen) atoms. The molecule has 0 bridgehead atoms. The van der Waals surface area contributed by atoms with E-state index in [1.54, 1.807) is 19.9 Å². The summed E-state index contributed by atoms with van der Waals surface area (Å²) in [6.45, 7) is 18.3. The molecule has 5 rings (SSSR count). The summed E-state index contributed by atoms with van der Waals surface area (Å²) in [6, 6.07) is 3.64. The fraction of sp³-hybridized carbons (Fsp3) is 0.737. The standard InChI is InChI=1S/C38H56N2O8/c1-10-21(41)17-24-36(8)20(4)22-13-14-23(35(5,6)7)29(42)25(22)30(43)28(36)33(46)38(48)32(45)26(31(44)27(19(2)3)37(24,38)9)34(47)39-18-40-15-11-12-16-40/h13-14,19-20,24,26-28,31,33,42,44,46,48H,10-12,15-18H2,1-9H3,(H,39,47)/t20-,24-,26-,27+,28-,31?,33?,36-,37-,38+/m1/s1. The van der Waals surface area contributed by atoms with Crippen LogP contribution in [0, 0.1) is 40.4 Å². The fourth-order valence-electron chi connectivity index (χ4n) is 10.6. The first-order valence-corrected chi connectivity index (χ1v) is 17.8. The fourth-order valence-corrected chi connectivity index (χ4v) is 10.6. The zero-order valence-electron chi connectivity index (χ0n) is 30.1. The summed E-state index contributed by atoms with van der Waals surface area (Å²) in [7, 11) is 0. The van der Waals surface area contributed by atoms with Crippen LogP contribution in [0.1, 0.15) is 115 Å². The topological polar surface area (TPSA) is 164 Å². The number of benzene rings is 1. The zero-order valence-corrected chi connectivity index (χ0v) is 30.1. The number of Topliss-reactive ketones (excluding diaryl/α,β-unsaturated/α-hetero) is 3. The highest BCUT2D eigenvalue weighted by Gasteiger charge is 2.80. The van der Waals surface area contributed by atoms with Crippen molar-refractivity contribution in [3.05, 3.63) is 28.8 Å². The van der Waals surface area contributed by atoms with Gasteiger partial charge in [0.1, 0.15) is 23.6 Å². The number of aliphatic hydroxyl groups is 3. The maximum Gasteiger partial charge on any atom is 0.234 e. The largest absolute Gasteiger partial charge is 0.507 e. The normalized spacial score (nSPS) is 38.4. The molecule has 10 heteroatoms. The van der Waals surface area contributed by atoms with Crippen LogP contribution in [-0.4, -0.2) is 86.2 Å². The number of likely N-dealkylation sites (tertiary alicyclic amines) is 1. The van der Waals surface area contributed by atoms with Gasteiger partial charge in [-0.05, 0) is 71.6 Å². The summed E-state index contributed by atoms with van der Waals surface area (Å²) in [4.78, 5) is 58.9. The molecule has 0 aromatic heterocycles. The van der Waals surface area contributed by atoms with Crippen LogP contribution < -0.4 is 5.32 Å². The van der Waals surface area contributed by atoms with Crippen LogP contribution in [0.25, 0.3) is 0 Å². The van der Waals surface area contributed by atoms with Crippen molar-refractivity contribution in [2.45, 2.75) is 117 Å². The van der Waals surface area contributed by atoms with E-state index in [0.717, 1.165) is 25.9 Å². The highest BCUT2D eigenvalue weighted by atomic mass is 16.4. The number of aliphatic hydroxyl groups excluding tert-OH is 2. The minimum absolute atomic E-state index is 0.0489. The number of amides is 1. The van der Waals surface area contributed by atoms with E-state index < -0.39 is 87.0 Å². The number of rotatable bonds is 7. The molecule has 1 saturated heterocycles. The lowest BCUT2D eigenvalue weighted by molar-refractivity contribution is -0.292. The van der Waals surface area contributed by atoms with E-state index >= 15 is 0 Å². The number of nitrogens with one attached hydrogen (secondary N) is 1. The Kier molecular flexibility index (Phi) is 9.37. The molecular weight excluding hydrogens is 612 g/mol. The third-order valence-corrected chi connectivity index (χ3v) is 13.2. The summed E-state index contributed by atoms with van der Waals surface area (Å²) >= 11 is 0. The Morgan fingerprint density at radius 3 is 2.23 bits per heavy atom. The molecule has 10 nitrogen and oxygen atoms in total. The second kappa shape index (κ2) is 12.3. The molecule has 266 valence electrons. The molecule has 2 saturated carbocycles. The molecule has 1 heterocycles. The Hall–Kier alpha value is -2.66. The average molecular weight is 669 g/mol. The smallest absolute Gasteiger partial charge is 0.234 e. The van der Waals surface area contributed by atoms with Crippen LogP contribution in [0.4, 0.5) is 0 Å².